The molecule has 1 heterocycles. The molecule has 2 rings (SSSR count). The Morgan fingerprint density at radius 3 is 2.89 bits per heavy atom. The Bertz CT molecular complexity index is 610. The van der Waals surface area contributed by atoms with Crippen molar-refractivity contribution < 1.29 is 5.11 Å². The normalized spacial score (nSPS) is 10.4. The summed E-state index contributed by atoms with van der Waals surface area (Å²) in [5.41, 5.74) is 6.64. The smallest absolute Gasteiger partial charge is 0.269 e. The van der Waals surface area contributed by atoms with Crippen LogP contribution in [0.1, 0.15) is 5.56 Å². The molecule has 0 aliphatic rings. The number of aromatic nitrogens is 2. The fraction of sp³-hybridized carbons (Fsp3) is 0.231. The van der Waals surface area contributed by atoms with Crippen molar-refractivity contribution in [1.82, 2.24) is 9.78 Å². The summed E-state index contributed by atoms with van der Waals surface area (Å²) in [5, 5.41) is 16.4. The minimum Gasteiger partial charge on any atom is -0.508 e. The maximum absolute atomic E-state index is 11.9. The van der Waals surface area contributed by atoms with Gasteiger partial charge in [0.2, 0.25) is 0 Å². The van der Waals surface area contributed by atoms with Gasteiger partial charge in [0.05, 0.1) is 18.4 Å². The fourth-order valence-corrected chi connectivity index (χ4v) is 1.69. The molecule has 1 aromatic heterocycles. The van der Waals surface area contributed by atoms with Gasteiger partial charge < -0.3 is 16.2 Å². The first-order valence-corrected chi connectivity index (χ1v) is 5.98. The molecule has 2 aromatic rings. The van der Waals surface area contributed by atoms with Crippen LogP contribution in [0.5, 0.6) is 5.75 Å². The van der Waals surface area contributed by atoms with E-state index in [9.17, 15) is 9.90 Å². The first kappa shape index (κ1) is 13.1. The zero-order valence-electron chi connectivity index (χ0n) is 10.4. The summed E-state index contributed by atoms with van der Waals surface area (Å²) in [4.78, 5) is 11.9. The fourth-order valence-electron chi connectivity index (χ4n) is 1.69. The number of phenolic OH excluding ortho intramolecular Hbond substituents is 1. The highest BCUT2D eigenvalue weighted by Gasteiger charge is 2.02. The van der Waals surface area contributed by atoms with Crippen molar-refractivity contribution in [1.29, 1.82) is 0 Å². The molecule has 19 heavy (non-hydrogen) atoms. The van der Waals surface area contributed by atoms with Crippen LogP contribution < -0.4 is 16.6 Å². The quantitative estimate of drug-likeness (QED) is 0.722. The van der Waals surface area contributed by atoms with Crippen LogP contribution in [0.15, 0.2) is 41.3 Å². The third-order valence-corrected chi connectivity index (χ3v) is 2.59. The number of hydrogen-bond acceptors (Lipinski definition) is 5. The maximum Gasteiger partial charge on any atom is 0.269 e. The zero-order chi connectivity index (χ0) is 13.7. The molecule has 0 fully saturated rings. The number of nitrogens with one attached hydrogen (secondary N) is 1. The van der Waals surface area contributed by atoms with E-state index in [1.54, 1.807) is 24.4 Å². The average molecular weight is 260 g/mol. The molecule has 0 unspecified atom stereocenters. The molecule has 4 N–H and O–H groups in total. The lowest BCUT2D eigenvalue weighted by atomic mass is 10.2. The summed E-state index contributed by atoms with van der Waals surface area (Å²) >= 11 is 0. The molecule has 100 valence electrons. The molecule has 6 nitrogen and oxygen atoms in total. The molecule has 1 aromatic carbocycles. The van der Waals surface area contributed by atoms with E-state index >= 15 is 0 Å². The molecular weight excluding hydrogens is 244 g/mol. The highest BCUT2D eigenvalue weighted by molar-refractivity contribution is 5.38. The standard InChI is InChI=1S/C13H16N4O2/c14-4-5-15-11-7-13(19)17(16-8-11)9-10-2-1-3-12(18)6-10/h1-3,6-8,15,18H,4-5,9,14H2. The van der Waals surface area contributed by atoms with Gasteiger partial charge in [0, 0.05) is 19.2 Å². The van der Waals surface area contributed by atoms with Crippen LogP contribution in [0, 0.1) is 0 Å². The Kier molecular flexibility index (Phi) is 4.15. The van der Waals surface area contributed by atoms with E-state index in [4.69, 9.17) is 5.73 Å². The summed E-state index contributed by atoms with van der Waals surface area (Å²) in [5.74, 6) is 0.173. The van der Waals surface area contributed by atoms with E-state index in [2.05, 4.69) is 10.4 Å². The molecule has 0 saturated carbocycles. The lowest BCUT2D eigenvalue weighted by Crippen LogP contribution is -2.24. The van der Waals surface area contributed by atoms with Gasteiger partial charge in [-0.25, -0.2) is 4.68 Å². The maximum atomic E-state index is 11.9. The Morgan fingerprint density at radius 1 is 1.37 bits per heavy atom. The van der Waals surface area contributed by atoms with Crippen molar-refractivity contribution >= 4 is 5.69 Å². The number of aromatic hydroxyl groups is 1. The van der Waals surface area contributed by atoms with Crippen LogP contribution in [0.2, 0.25) is 0 Å². The molecule has 0 saturated heterocycles. The summed E-state index contributed by atoms with van der Waals surface area (Å²) in [6.07, 6.45) is 1.58. The average Bonchev–Trinajstić information content (AvgIpc) is 2.39. The van der Waals surface area contributed by atoms with Crippen molar-refractivity contribution in [2.75, 3.05) is 18.4 Å². The Morgan fingerprint density at radius 2 is 2.21 bits per heavy atom. The molecule has 6 heteroatoms. The van der Waals surface area contributed by atoms with Crippen LogP contribution in [0.4, 0.5) is 5.69 Å². The summed E-state index contributed by atoms with van der Waals surface area (Å²) in [6.45, 7) is 1.41. The Labute approximate surface area is 110 Å². The van der Waals surface area contributed by atoms with Crippen LogP contribution in [-0.4, -0.2) is 28.0 Å². The third-order valence-electron chi connectivity index (χ3n) is 2.59. The van der Waals surface area contributed by atoms with Gasteiger partial charge in [0.1, 0.15) is 5.75 Å². The second-order valence-corrected chi connectivity index (χ2v) is 4.13. The minimum absolute atomic E-state index is 0.173. The van der Waals surface area contributed by atoms with Crippen LogP contribution in [0.3, 0.4) is 0 Å². The predicted molar refractivity (Wildman–Crippen MR) is 73.2 cm³/mol. The van der Waals surface area contributed by atoms with Crippen molar-refractivity contribution in [2.24, 2.45) is 5.73 Å². The summed E-state index contributed by atoms with van der Waals surface area (Å²) in [7, 11) is 0. The third kappa shape index (κ3) is 3.56. The minimum atomic E-state index is -0.203. The van der Waals surface area contributed by atoms with E-state index in [0.29, 0.717) is 25.3 Å². The first-order chi connectivity index (χ1) is 9.19. The Balaban J connectivity index is 2.15. The van der Waals surface area contributed by atoms with E-state index < -0.39 is 0 Å². The molecule has 0 radical (unpaired) electrons. The van der Waals surface area contributed by atoms with Crippen molar-refractivity contribution in [2.45, 2.75) is 6.54 Å². The topological polar surface area (TPSA) is 93.2 Å². The SMILES string of the molecule is NCCNc1cnn(Cc2cccc(O)c2)c(=O)c1. The van der Waals surface area contributed by atoms with Crippen molar-refractivity contribution in [3.05, 3.63) is 52.4 Å². The highest BCUT2D eigenvalue weighted by atomic mass is 16.3. The van der Waals surface area contributed by atoms with Crippen molar-refractivity contribution in [3.8, 4) is 5.75 Å². The molecule has 0 atom stereocenters. The summed E-state index contributed by atoms with van der Waals surface area (Å²) in [6, 6.07) is 8.22. The van der Waals surface area contributed by atoms with E-state index in [1.165, 1.54) is 10.7 Å². The van der Waals surface area contributed by atoms with Gasteiger partial charge in [-0.2, -0.15) is 5.10 Å². The molecule has 0 spiro atoms. The largest absolute Gasteiger partial charge is 0.508 e. The number of anilines is 1. The zero-order valence-corrected chi connectivity index (χ0v) is 10.4. The van der Waals surface area contributed by atoms with Crippen LogP contribution in [0.25, 0.3) is 0 Å². The lowest BCUT2D eigenvalue weighted by Gasteiger charge is -2.07. The summed E-state index contributed by atoms with van der Waals surface area (Å²) < 4.78 is 1.34. The highest BCUT2D eigenvalue weighted by Crippen LogP contribution is 2.11. The van der Waals surface area contributed by atoms with Crippen LogP contribution >= 0.6 is 0 Å². The van der Waals surface area contributed by atoms with E-state index in [-0.39, 0.29) is 11.3 Å². The lowest BCUT2D eigenvalue weighted by molar-refractivity contribution is 0.474. The monoisotopic (exact) mass is 260 g/mol. The van der Waals surface area contributed by atoms with Gasteiger partial charge in [0.25, 0.3) is 5.56 Å². The number of nitrogens with two attached hydrogens (primary N) is 1. The molecular formula is C13H16N4O2. The Hall–Kier alpha value is -2.34. The van der Waals surface area contributed by atoms with Gasteiger partial charge in [0.15, 0.2) is 0 Å². The van der Waals surface area contributed by atoms with Crippen LogP contribution in [-0.2, 0) is 6.54 Å². The molecule has 0 aliphatic heterocycles. The van der Waals surface area contributed by atoms with Gasteiger partial charge in [-0.15, -0.1) is 0 Å². The first-order valence-electron chi connectivity index (χ1n) is 5.98. The van der Waals surface area contributed by atoms with Gasteiger partial charge >= 0.3 is 0 Å². The van der Waals surface area contributed by atoms with Gasteiger partial charge in [-0.05, 0) is 17.7 Å². The van der Waals surface area contributed by atoms with E-state index in [1.807, 2.05) is 6.07 Å². The van der Waals surface area contributed by atoms with E-state index in [0.717, 1.165) is 5.56 Å². The number of benzene rings is 1. The number of rotatable bonds is 5. The second kappa shape index (κ2) is 6.01. The molecule has 0 amide bonds. The molecule has 0 bridgehead atoms. The molecule has 0 aliphatic carbocycles. The second-order valence-electron chi connectivity index (χ2n) is 4.13. The van der Waals surface area contributed by atoms with Crippen molar-refractivity contribution in [3.63, 3.8) is 0 Å². The van der Waals surface area contributed by atoms with Gasteiger partial charge in [-0.3, -0.25) is 4.79 Å². The van der Waals surface area contributed by atoms with Gasteiger partial charge in [-0.1, -0.05) is 12.1 Å². The predicted octanol–water partition coefficient (Wildman–Crippen LogP) is 0.368. The number of hydrogen-bond donors (Lipinski definition) is 3. The number of phenols is 1. The number of nitrogens with zero attached hydrogens (tertiary/aromatic N) is 2.